The summed E-state index contributed by atoms with van der Waals surface area (Å²) in [5.41, 5.74) is -1.44. The minimum atomic E-state index is -4.67. The number of rotatable bonds is 14. The predicted octanol–water partition coefficient (Wildman–Crippen LogP) is -2.21. The monoisotopic (exact) mass is 1180 g/mol. The number of fused-ring (bicyclic) bond motifs is 7. The van der Waals surface area contributed by atoms with Crippen molar-refractivity contribution in [3.05, 3.63) is 11.6 Å². The van der Waals surface area contributed by atoms with E-state index in [0.29, 0.717) is 44.9 Å². The van der Waals surface area contributed by atoms with Crippen LogP contribution in [0.15, 0.2) is 11.6 Å². The van der Waals surface area contributed by atoms with Gasteiger partial charge >= 0.3 is 16.4 Å². The van der Waals surface area contributed by atoms with Crippen molar-refractivity contribution in [3.63, 3.8) is 0 Å². The van der Waals surface area contributed by atoms with Gasteiger partial charge in [-0.3, -0.25) is 9.35 Å². The molecule has 4 heterocycles. The smallest absolute Gasteiger partial charge is 0.397 e. The number of ether oxygens (including phenoxy) is 8. The van der Waals surface area contributed by atoms with Crippen LogP contribution in [0.4, 0.5) is 0 Å². The number of aliphatic hydroxyl groups excluding tert-OH is 13. The maximum atomic E-state index is 15.2. The lowest BCUT2D eigenvalue weighted by Gasteiger charge is -2.71. The standard InChI is InChI=1S/C54H88O26S/c1-49(2)14-16-54(17-15-52(6)23(24(54)18-49)8-9-30-51(5)12-11-31(80-81(69,70)71)50(3,4)29(51)10-13-53(30,52)7)48(68)79-46-42(67)38(63)35(60)28(77-46)22-73-47-43(39(64)33(58)26(20-56)75-47)78-45-41(66)37(62)34(59)27(76-45)21-72-44-40(65)36(61)32(57)25(19-55)74-44/h8,24-47,55-67H,9-22H2,1-7H3,(H,69,70,71)/t24?,25-,26-,27-,28-,29+,30-,31+,32-,33-,34-,35-,36+,37+,38+,39+,40-,41-,42-,43-,44-,45+,46+,47-,51+,52-,53-,54+/m1/s1. The van der Waals surface area contributed by atoms with Gasteiger partial charge in [-0.25, -0.2) is 4.18 Å². The number of hydrogen-bond acceptors (Lipinski definition) is 25. The minimum absolute atomic E-state index is 0.0933. The van der Waals surface area contributed by atoms with E-state index < -0.39 is 183 Å². The van der Waals surface area contributed by atoms with Gasteiger partial charge < -0.3 is 104 Å². The molecule has 9 rings (SSSR count). The Balaban J connectivity index is 0.903. The van der Waals surface area contributed by atoms with Crippen molar-refractivity contribution in [2.75, 3.05) is 26.4 Å². The van der Waals surface area contributed by atoms with E-state index in [2.05, 4.69) is 40.7 Å². The van der Waals surface area contributed by atoms with E-state index in [9.17, 15) is 79.4 Å². The van der Waals surface area contributed by atoms with Gasteiger partial charge in [-0.05, 0) is 109 Å². The largest absolute Gasteiger partial charge is 0.432 e. The summed E-state index contributed by atoms with van der Waals surface area (Å²) in [6.45, 7) is 12.3. The zero-order valence-corrected chi connectivity index (χ0v) is 47.7. The molecular weight excluding hydrogens is 1100 g/mol. The maximum absolute atomic E-state index is 15.2. The second kappa shape index (κ2) is 23.1. The highest BCUT2D eigenvalue weighted by Crippen LogP contribution is 2.76. The van der Waals surface area contributed by atoms with E-state index >= 15 is 4.79 Å². The summed E-state index contributed by atoms with van der Waals surface area (Å²) in [5.74, 6) is -0.647. The van der Waals surface area contributed by atoms with E-state index in [1.807, 2.05) is 13.8 Å². The van der Waals surface area contributed by atoms with E-state index in [4.69, 9.17) is 42.1 Å². The van der Waals surface area contributed by atoms with Crippen LogP contribution in [0, 0.1) is 50.2 Å². The van der Waals surface area contributed by atoms with Crippen LogP contribution < -0.4 is 0 Å². The summed E-state index contributed by atoms with van der Waals surface area (Å²) in [6.07, 6.45) is -28.3. The number of allylic oxidation sites excluding steroid dienone is 2. The molecule has 81 heavy (non-hydrogen) atoms. The van der Waals surface area contributed by atoms with Crippen LogP contribution in [0.25, 0.3) is 0 Å². The Kier molecular flexibility index (Phi) is 18.2. The fourth-order valence-corrected chi connectivity index (χ4v) is 17.2. The molecular formula is C54H88O26S. The molecule has 0 aromatic rings. The number of carbonyl (C=O) groups excluding carboxylic acids is 1. The van der Waals surface area contributed by atoms with Gasteiger partial charge in [0.25, 0.3) is 0 Å². The third kappa shape index (κ3) is 11.1. The summed E-state index contributed by atoms with van der Waals surface area (Å²) in [5, 5.41) is 140. The first-order valence-electron chi connectivity index (χ1n) is 28.5. The molecule has 0 radical (unpaired) electrons. The van der Waals surface area contributed by atoms with Crippen molar-refractivity contribution in [2.24, 2.45) is 50.2 Å². The van der Waals surface area contributed by atoms with Crippen molar-refractivity contribution in [2.45, 2.75) is 242 Å². The highest BCUT2D eigenvalue weighted by Gasteiger charge is 2.70. The van der Waals surface area contributed by atoms with E-state index in [-0.39, 0.29) is 39.4 Å². The van der Waals surface area contributed by atoms with Crippen LogP contribution in [0.5, 0.6) is 0 Å². The normalized spacial score (nSPS) is 51.6. The summed E-state index contributed by atoms with van der Waals surface area (Å²) in [6, 6.07) is 0. The summed E-state index contributed by atoms with van der Waals surface area (Å²) in [4.78, 5) is 15.2. The first-order valence-corrected chi connectivity index (χ1v) is 29.8. The molecule has 8 fully saturated rings. The van der Waals surface area contributed by atoms with Crippen LogP contribution in [-0.4, -0.2) is 241 Å². The molecule has 9 aliphatic rings. The van der Waals surface area contributed by atoms with Gasteiger partial charge in [-0.2, -0.15) is 8.42 Å². The molecule has 0 aromatic heterocycles. The zero-order valence-electron chi connectivity index (χ0n) is 46.9. The minimum Gasteiger partial charge on any atom is -0.432 e. The molecule has 4 saturated heterocycles. The molecule has 1 unspecified atom stereocenters. The van der Waals surface area contributed by atoms with Gasteiger partial charge in [-0.15, -0.1) is 0 Å². The molecule has 26 nitrogen and oxygen atoms in total. The van der Waals surface area contributed by atoms with E-state index in [1.54, 1.807) is 0 Å². The highest BCUT2D eigenvalue weighted by atomic mass is 32.3. The molecule has 27 heteroatoms. The Hall–Kier alpha value is -1.72. The van der Waals surface area contributed by atoms with Crippen LogP contribution in [0.1, 0.15) is 113 Å². The van der Waals surface area contributed by atoms with Crippen molar-refractivity contribution >= 4 is 16.4 Å². The number of esters is 1. The van der Waals surface area contributed by atoms with Crippen LogP contribution >= 0.6 is 0 Å². The van der Waals surface area contributed by atoms with Crippen LogP contribution in [-0.2, 0) is 57.3 Å². The molecule has 4 aliphatic heterocycles. The van der Waals surface area contributed by atoms with Crippen molar-refractivity contribution < 1.29 is 126 Å². The topological polar surface area (TPSA) is 418 Å². The summed E-state index contributed by atoms with van der Waals surface area (Å²) in [7, 11) is -4.67. The van der Waals surface area contributed by atoms with Crippen LogP contribution in [0.2, 0.25) is 0 Å². The summed E-state index contributed by atoms with van der Waals surface area (Å²) < 4.78 is 85.3. The summed E-state index contributed by atoms with van der Waals surface area (Å²) >= 11 is 0. The number of carbonyl (C=O) groups is 1. The molecule has 4 saturated carbocycles. The zero-order chi connectivity index (χ0) is 59.5. The van der Waals surface area contributed by atoms with Crippen molar-refractivity contribution in [3.8, 4) is 0 Å². The highest BCUT2D eigenvalue weighted by molar-refractivity contribution is 7.80. The fraction of sp³-hybridized carbons (Fsp3) is 0.944. The third-order valence-corrected chi connectivity index (χ3v) is 22.1. The van der Waals surface area contributed by atoms with Crippen molar-refractivity contribution in [1.29, 1.82) is 0 Å². The first-order chi connectivity index (χ1) is 37.7. The molecule has 0 bridgehead atoms. The van der Waals surface area contributed by atoms with Crippen LogP contribution in [0.3, 0.4) is 0 Å². The van der Waals surface area contributed by atoms with Gasteiger partial charge in [0.1, 0.15) is 97.7 Å². The molecule has 466 valence electrons. The molecule has 28 atom stereocenters. The average Bonchev–Trinajstić information content (AvgIpc) is 0.957. The predicted molar refractivity (Wildman–Crippen MR) is 273 cm³/mol. The molecule has 0 aromatic carbocycles. The maximum Gasteiger partial charge on any atom is 0.397 e. The lowest BCUT2D eigenvalue weighted by Crippen LogP contribution is -2.66. The Morgan fingerprint density at radius 3 is 1.68 bits per heavy atom. The fourth-order valence-electron chi connectivity index (χ4n) is 16.5. The molecule has 14 N–H and O–H groups in total. The second-order valence-electron chi connectivity index (χ2n) is 26.9. The lowest BCUT2D eigenvalue weighted by molar-refractivity contribution is -0.376. The molecule has 0 amide bonds. The van der Waals surface area contributed by atoms with Gasteiger partial charge in [0, 0.05) is 0 Å². The SMILES string of the molecule is CC1(C)CC[C@]2(C(=O)O[C@@H]3O[C@H](CO[C@@H]4O[C@H](CO)[C@@H](O)[C@H](O)[C@H]4O[C@@H]4O[C@H](CO[C@@H]5O[C@H](CO)[C@@H](O)[C@H](O)[C@H]5O)[C@@H](O)[C@H](O)[C@H]4O)[C@@H](O)[C@H](O)[C@H]3O)CC[C@]3(C)C(=CC[C@@H]4[C@@]5(C)CC[C@H](OS(=O)(=O)O)C(C)(C)[C@@H]5CC[C@]43C)C2C1. The quantitative estimate of drug-likeness (QED) is 0.0498. The molecule has 0 spiro atoms. The molecule has 5 aliphatic carbocycles. The van der Waals surface area contributed by atoms with Gasteiger partial charge in [0.2, 0.25) is 6.29 Å². The lowest BCUT2D eigenvalue weighted by atomic mass is 9.33. The average molecular weight is 1190 g/mol. The Bertz CT molecular complexity index is 2380. The Labute approximate surface area is 471 Å². The van der Waals surface area contributed by atoms with Gasteiger partial charge in [-0.1, -0.05) is 60.1 Å². The van der Waals surface area contributed by atoms with Gasteiger partial charge in [0.15, 0.2) is 18.9 Å². The number of aliphatic hydroxyl groups is 13. The Morgan fingerprint density at radius 2 is 1.09 bits per heavy atom. The second-order valence-corrected chi connectivity index (χ2v) is 27.9. The number of hydrogen-bond donors (Lipinski definition) is 14. The third-order valence-electron chi connectivity index (χ3n) is 21.6. The van der Waals surface area contributed by atoms with E-state index in [0.717, 1.165) is 19.3 Å². The van der Waals surface area contributed by atoms with E-state index in [1.165, 1.54) is 5.57 Å². The van der Waals surface area contributed by atoms with Crippen molar-refractivity contribution in [1.82, 2.24) is 0 Å². The van der Waals surface area contributed by atoms with Gasteiger partial charge in [0.05, 0.1) is 37.9 Å². The first kappa shape index (κ1) is 63.8. The Morgan fingerprint density at radius 1 is 0.580 bits per heavy atom.